The Kier molecular flexibility index (Phi) is 7.51. The van der Waals surface area contributed by atoms with E-state index in [2.05, 4.69) is 93.3 Å². The van der Waals surface area contributed by atoms with Crippen LogP contribution < -0.4 is 4.90 Å². The molecule has 3 rings (SSSR count). The summed E-state index contributed by atoms with van der Waals surface area (Å²) in [7, 11) is 0. The Morgan fingerprint density at radius 2 is 1.39 bits per heavy atom. The molecule has 3 nitrogen and oxygen atoms in total. The quantitative estimate of drug-likeness (QED) is 0.286. The zero-order valence-electron chi connectivity index (χ0n) is 19.4. The van der Waals surface area contributed by atoms with Crippen LogP contribution in [-0.2, 0) is 16.0 Å². The molecular weight excluding hydrogens is 382 g/mol. The molecular formula is C28H33NO2. The molecule has 0 amide bonds. The molecule has 0 unspecified atom stereocenters. The summed E-state index contributed by atoms with van der Waals surface area (Å²) in [6, 6.07) is 21.8. The number of carbonyl (C=O) groups is 1. The van der Waals surface area contributed by atoms with Crippen molar-refractivity contribution in [3.8, 4) is 0 Å². The second kappa shape index (κ2) is 10.3. The summed E-state index contributed by atoms with van der Waals surface area (Å²) in [4.78, 5) is 13.8. The van der Waals surface area contributed by atoms with Crippen LogP contribution in [0.4, 0.5) is 17.1 Å². The second-order valence-electron chi connectivity index (χ2n) is 8.18. The molecule has 0 aliphatic rings. The molecule has 0 bridgehead atoms. The van der Waals surface area contributed by atoms with Crippen molar-refractivity contribution >= 4 is 23.0 Å². The van der Waals surface area contributed by atoms with E-state index in [4.69, 9.17) is 4.74 Å². The first kappa shape index (κ1) is 22.6. The van der Waals surface area contributed by atoms with Gasteiger partial charge in [0.15, 0.2) is 0 Å². The number of carbonyl (C=O) groups excluding carboxylic acids is 1. The monoisotopic (exact) mass is 415 g/mol. The summed E-state index contributed by atoms with van der Waals surface area (Å²) in [5, 5.41) is 0. The Hall–Kier alpha value is -3.07. The minimum absolute atomic E-state index is 0.139. The summed E-state index contributed by atoms with van der Waals surface area (Å²) in [6.45, 7) is 10.9. The van der Waals surface area contributed by atoms with E-state index < -0.39 is 0 Å². The molecule has 0 aromatic heterocycles. The Bertz CT molecular complexity index is 1000. The van der Waals surface area contributed by atoms with Crippen molar-refractivity contribution in [3.05, 3.63) is 88.5 Å². The van der Waals surface area contributed by atoms with E-state index in [0.717, 1.165) is 29.9 Å². The van der Waals surface area contributed by atoms with Gasteiger partial charge in [0.2, 0.25) is 0 Å². The SMILES string of the molecule is CCC(=O)OCCCc1ccccc1N(c1ccc(C)c(C)c1)c1ccc(C)c(C)c1. The fourth-order valence-electron chi connectivity index (χ4n) is 3.65. The number of ether oxygens (including phenoxy) is 1. The minimum Gasteiger partial charge on any atom is -0.466 e. The summed E-state index contributed by atoms with van der Waals surface area (Å²) in [5.74, 6) is -0.139. The van der Waals surface area contributed by atoms with Gasteiger partial charge in [0.05, 0.1) is 6.61 Å². The predicted molar refractivity (Wildman–Crippen MR) is 130 cm³/mol. The van der Waals surface area contributed by atoms with Gasteiger partial charge in [0.25, 0.3) is 0 Å². The van der Waals surface area contributed by atoms with Crippen LogP contribution in [0.2, 0.25) is 0 Å². The van der Waals surface area contributed by atoms with Crippen molar-refractivity contribution in [2.24, 2.45) is 0 Å². The molecule has 3 heteroatoms. The topological polar surface area (TPSA) is 29.5 Å². The average Bonchev–Trinajstić information content (AvgIpc) is 2.77. The third-order valence-corrected chi connectivity index (χ3v) is 5.87. The molecule has 0 atom stereocenters. The lowest BCUT2D eigenvalue weighted by Crippen LogP contribution is -2.13. The summed E-state index contributed by atoms with van der Waals surface area (Å²) < 4.78 is 5.29. The highest BCUT2D eigenvalue weighted by atomic mass is 16.5. The Morgan fingerprint density at radius 1 is 0.806 bits per heavy atom. The molecule has 0 spiro atoms. The van der Waals surface area contributed by atoms with Gasteiger partial charge in [-0.1, -0.05) is 37.3 Å². The summed E-state index contributed by atoms with van der Waals surface area (Å²) in [6.07, 6.45) is 2.07. The first-order chi connectivity index (χ1) is 14.9. The normalized spacial score (nSPS) is 10.7. The lowest BCUT2D eigenvalue weighted by atomic mass is 10.0. The van der Waals surface area contributed by atoms with Crippen LogP contribution in [0.1, 0.15) is 47.6 Å². The molecule has 31 heavy (non-hydrogen) atoms. The Balaban J connectivity index is 2.00. The van der Waals surface area contributed by atoms with E-state index in [1.807, 2.05) is 6.92 Å². The van der Waals surface area contributed by atoms with Crippen LogP contribution in [0.5, 0.6) is 0 Å². The molecule has 3 aromatic carbocycles. The highest BCUT2D eigenvalue weighted by molar-refractivity contribution is 5.79. The van der Waals surface area contributed by atoms with Gasteiger partial charge in [-0.25, -0.2) is 0 Å². The van der Waals surface area contributed by atoms with E-state index in [1.54, 1.807) is 0 Å². The van der Waals surface area contributed by atoms with Crippen molar-refractivity contribution < 1.29 is 9.53 Å². The number of hydrogen-bond acceptors (Lipinski definition) is 3. The zero-order chi connectivity index (χ0) is 22.4. The highest BCUT2D eigenvalue weighted by Gasteiger charge is 2.17. The van der Waals surface area contributed by atoms with E-state index in [9.17, 15) is 4.79 Å². The number of benzene rings is 3. The number of aryl methyl sites for hydroxylation is 5. The maximum absolute atomic E-state index is 11.5. The molecule has 0 saturated carbocycles. The third-order valence-electron chi connectivity index (χ3n) is 5.87. The summed E-state index contributed by atoms with van der Waals surface area (Å²) >= 11 is 0. The van der Waals surface area contributed by atoms with Crippen molar-refractivity contribution in [2.45, 2.75) is 53.9 Å². The Morgan fingerprint density at radius 3 is 1.94 bits per heavy atom. The van der Waals surface area contributed by atoms with Gasteiger partial charge in [-0.05, 0) is 98.7 Å². The maximum atomic E-state index is 11.5. The van der Waals surface area contributed by atoms with Crippen LogP contribution in [0, 0.1) is 27.7 Å². The molecule has 0 aliphatic carbocycles. The van der Waals surface area contributed by atoms with Crippen LogP contribution >= 0.6 is 0 Å². The van der Waals surface area contributed by atoms with E-state index in [-0.39, 0.29) is 5.97 Å². The molecule has 0 radical (unpaired) electrons. The maximum Gasteiger partial charge on any atom is 0.305 e. The van der Waals surface area contributed by atoms with Crippen LogP contribution in [-0.4, -0.2) is 12.6 Å². The fourth-order valence-corrected chi connectivity index (χ4v) is 3.65. The number of rotatable bonds is 8. The van der Waals surface area contributed by atoms with Gasteiger partial charge in [0, 0.05) is 23.5 Å². The van der Waals surface area contributed by atoms with E-state index in [1.165, 1.54) is 27.8 Å². The lowest BCUT2D eigenvalue weighted by Gasteiger charge is -2.29. The largest absolute Gasteiger partial charge is 0.466 e. The molecule has 162 valence electrons. The van der Waals surface area contributed by atoms with Crippen molar-refractivity contribution in [1.82, 2.24) is 0 Å². The molecule has 0 heterocycles. The van der Waals surface area contributed by atoms with Gasteiger partial charge in [-0.2, -0.15) is 0 Å². The first-order valence-corrected chi connectivity index (χ1v) is 11.1. The van der Waals surface area contributed by atoms with Gasteiger partial charge >= 0.3 is 5.97 Å². The predicted octanol–water partition coefficient (Wildman–Crippen LogP) is 7.28. The first-order valence-electron chi connectivity index (χ1n) is 11.1. The summed E-state index contributed by atoms with van der Waals surface area (Å²) in [5.41, 5.74) is 9.82. The van der Waals surface area contributed by atoms with E-state index in [0.29, 0.717) is 13.0 Å². The van der Waals surface area contributed by atoms with Gasteiger partial charge in [-0.15, -0.1) is 0 Å². The standard InChI is InChI=1S/C28H33NO2/c1-6-28(30)31-17-9-11-24-10-7-8-12-27(24)29(25-15-13-20(2)22(4)18-25)26-16-14-21(3)23(5)19-26/h7-8,10,12-16,18-19H,6,9,11,17H2,1-5H3. The molecule has 3 aromatic rings. The van der Waals surface area contributed by atoms with Crippen LogP contribution in [0.3, 0.4) is 0 Å². The number of hydrogen-bond donors (Lipinski definition) is 0. The van der Waals surface area contributed by atoms with Crippen molar-refractivity contribution in [1.29, 1.82) is 0 Å². The van der Waals surface area contributed by atoms with Crippen molar-refractivity contribution in [3.63, 3.8) is 0 Å². The minimum atomic E-state index is -0.139. The van der Waals surface area contributed by atoms with Crippen LogP contribution in [0.25, 0.3) is 0 Å². The highest BCUT2D eigenvalue weighted by Crippen LogP contribution is 2.38. The van der Waals surface area contributed by atoms with Crippen LogP contribution in [0.15, 0.2) is 60.7 Å². The van der Waals surface area contributed by atoms with E-state index >= 15 is 0 Å². The smallest absolute Gasteiger partial charge is 0.305 e. The Labute approximate surface area is 186 Å². The fraction of sp³-hybridized carbons (Fsp3) is 0.321. The number of anilines is 3. The number of para-hydroxylation sites is 1. The molecule has 0 N–H and O–H groups in total. The van der Waals surface area contributed by atoms with Crippen molar-refractivity contribution in [2.75, 3.05) is 11.5 Å². The van der Waals surface area contributed by atoms with Gasteiger partial charge in [0.1, 0.15) is 0 Å². The average molecular weight is 416 g/mol. The number of nitrogens with zero attached hydrogens (tertiary/aromatic N) is 1. The number of esters is 1. The molecule has 0 saturated heterocycles. The van der Waals surface area contributed by atoms with Gasteiger partial charge < -0.3 is 9.64 Å². The van der Waals surface area contributed by atoms with Gasteiger partial charge in [-0.3, -0.25) is 4.79 Å². The molecule has 0 fully saturated rings. The second-order valence-corrected chi connectivity index (χ2v) is 8.18. The molecule has 0 aliphatic heterocycles. The zero-order valence-corrected chi connectivity index (χ0v) is 19.4. The lowest BCUT2D eigenvalue weighted by molar-refractivity contribution is -0.143. The third kappa shape index (κ3) is 5.55.